The molecule has 8 heteroatoms. The van der Waals surface area contributed by atoms with Gasteiger partial charge in [0, 0.05) is 12.2 Å². The molecule has 0 saturated carbocycles. The standard InChI is InChI=1S/C24H26N2O5S/c1-5-26-23(28)21(32-24(26)29)13-17-8-10-19(20(12-17)30-6-2)31-14-22(27)25-18-9-7-15(3)16(4)11-18/h7-13H,5-6,14H2,1-4H3,(H,25,27)/b21-13+. The van der Waals surface area contributed by atoms with Crippen molar-refractivity contribution in [3.05, 3.63) is 58.0 Å². The van der Waals surface area contributed by atoms with Crippen molar-refractivity contribution < 1.29 is 23.9 Å². The molecule has 1 saturated heterocycles. The van der Waals surface area contributed by atoms with Crippen LogP contribution in [-0.4, -0.2) is 41.7 Å². The zero-order valence-electron chi connectivity index (χ0n) is 18.6. The van der Waals surface area contributed by atoms with Crippen LogP contribution < -0.4 is 14.8 Å². The predicted octanol–water partition coefficient (Wildman–Crippen LogP) is 4.78. The number of hydrogen-bond donors (Lipinski definition) is 1. The molecule has 1 fully saturated rings. The average Bonchev–Trinajstić information content (AvgIpc) is 3.02. The van der Waals surface area contributed by atoms with E-state index >= 15 is 0 Å². The van der Waals surface area contributed by atoms with Crippen LogP contribution in [0.1, 0.15) is 30.5 Å². The van der Waals surface area contributed by atoms with Crippen molar-refractivity contribution in [3.63, 3.8) is 0 Å². The van der Waals surface area contributed by atoms with Gasteiger partial charge in [-0.15, -0.1) is 0 Å². The van der Waals surface area contributed by atoms with Gasteiger partial charge < -0.3 is 14.8 Å². The molecule has 7 nitrogen and oxygen atoms in total. The van der Waals surface area contributed by atoms with Crippen molar-refractivity contribution >= 4 is 40.6 Å². The van der Waals surface area contributed by atoms with Crippen LogP contribution in [0.3, 0.4) is 0 Å². The Bertz CT molecular complexity index is 1080. The Morgan fingerprint density at radius 3 is 2.47 bits per heavy atom. The third kappa shape index (κ3) is 5.50. The number of imide groups is 1. The van der Waals surface area contributed by atoms with Crippen molar-refractivity contribution in [2.45, 2.75) is 27.7 Å². The molecule has 32 heavy (non-hydrogen) atoms. The van der Waals surface area contributed by atoms with Gasteiger partial charge in [0.25, 0.3) is 17.1 Å². The zero-order chi connectivity index (χ0) is 23.3. The van der Waals surface area contributed by atoms with Crippen molar-refractivity contribution in [1.82, 2.24) is 4.90 Å². The maximum absolute atomic E-state index is 12.3. The topological polar surface area (TPSA) is 84.9 Å². The minimum atomic E-state index is -0.302. The molecule has 0 unspecified atom stereocenters. The van der Waals surface area contributed by atoms with Gasteiger partial charge in [0.1, 0.15) is 0 Å². The second-order valence-electron chi connectivity index (χ2n) is 7.20. The lowest BCUT2D eigenvalue weighted by Gasteiger charge is -2.13. The molecule has 3 amide bonds. The van der Waals surface area contributed by atoms with Crippen LogP contribution in [0.25, 0.3) is 6.08 Å². The molecule has 2 aromatic carbocycles. The van der Waals surface area contributed by atoms with Crippen molar-refractivity contribution in [3.8, 4) is 11.5 Å². The molecule has 1 heterocycles. The number of anilines is 1. The summed E-state index contributed by atoms with van der Waals surface area (Å²) in [6.45, 7) is 8.16. The number of rotatable bonds is 8. The highest BCUT2D eigenvalue weighted by atomic mass is 32.2. The van der Waals surface area contributed by atoms with Crippen molar-refractivity contribution in [1.29, 1.82) is 0 Å². The number of carbonyl (C=O) groups excluding carboxylic acids is 3. The van der Waals surface area contributed by atoms with Gasteiger partial charge in [-0.05, 0) is 86.5 Å². The molecular weight excluding hydrogens is 428 g/mol. The van der Waals surface area contributed by atoms with E-state index < -0.39 is 0 Å². The van der Waals surface area contributed by atoms with Gasteiger partial charge in [0.15, 0.2) is 18.1 Å². The van der Waals surface area contributed by atoms with Crippen LogP contribution in [0, 0.1) is 13.8 Å². The summed E-state index contributed by atoms with van der Waals surface area (Å²) < 4.78 is 11.3. The molecule has 0 aliphatic carbocycles. The Morgan fingerprint density at radius 1 is 1.03 bits per heavy atom. The first-order chi connectivity index (χ1) is 15.3. The molecule has 168 valence electrons. The number of amides is 3. The van der Waals surface area contributed by atoms with Gasteiger partial charge in [-0.2, -0.15) is 0 Å². The van der Waals surface area contributed by atoms with E-state index in [1.807, 2.05) is 39.0 Å². The van der Waals surface area contributed by atoms with Crippen LogP contribution >= 0.6 is 11.8 Å². The van der Waals surface area contributed by atoms with E-state index in [9.17, 15) is 14.4 Å². The Morgan fingerprint density at radius 2 is 1.81 bits per heavy atom. The lowest BCUT2D eigenvalue weighted by Crippen LogP contribution is -2.27. The van der Waals surface area contributed by atoms with E-state index in [1.165, 1.54) is 4.90 Å². The summed E-state index contributed by atoms with van der Waals surface area (Å²) in [5.41, 5.74) is 3.65. The maximum atomic E-state index is 12.3. The summed E-state index contributed by atoms with van der Waals surface area (Å²) in [6, 6.07) is 10.9. The smallest absolute Gasteiger partial charge is 0.293 e. The lowest BCUT2D eigenvalue weighted by molar-refractivity contribution is -0.122. The van der Waals surface area contributed by atoms with Gasteiger partial charge in [0.2, 0.25) is 0 Å². The summed E-state index contributed by atoms with van der Waals surface area (Å²) in [6.07, 6.45) is 1.65. The fraction of sp³-hybridized carbons (Fsp3) is 0.292. The molecule has 0 aromatic heterocycles. The summed E-state index contributed by atoms with van der Waals surface area (Å²) in [5, 5.41) is 2.54. The highest BCUT2D eigenvalue weighted by molar-refractivity contribution is 8.18. The summed E-state index contributed by atoms with van der Waals surface area (Å²) >= 11 is 0.915. The molecule has 1 aliphatic rings. The SMILES string of the molecule is CCOc1cc(/C=C2/SC(=O)N(CC)C2=O)ccc1OCC(=O)Nc1ccc(C)c(C)c1. The Kier molecular flexibility index (Phi) is 7.58. The molecular formula is C24H26N2O5S. The number of hydrogen-bond acceptors (Lipinski definition) is 6. The number of ether oxygens (including phenoxy) is 2. The average molecular weight is 455 g/mol. The number of thioether (sulfide) groups is 1. The largest absolute Gasteiger partial charge is 0.490 e. The summed E-state index contributed by atoms with van der Waals surface area (Å²) in [5.74, 6) is 0.285. The normalized spacial score (nSPS) is 14.8. The number of aryl methyl sites for hydroxylation is 2. The highest BCUT2D eigenvalue weighted by Gasteiger charge is 2.33. The van der Waals surface area contributed by atoms with Crippen LogP contribution in [0.4, 0.5) is 10.5 Å². The van der Waals surface area contributed by atoms with Crippen LogP contribution in [0.5, 0.6) is 11.5 Å². The monoisotopic (exact) mass is 454 g/mol. The van der Waals surface area contributed by atoms with Crippen LogP contribution in [-0.2, 0) is 9.59 Å². The number of carbonyl (C=O) groups is 3. The van der Waals surface area contributed by atoms with Crippen molar-refractivity contribution in [2.24, 2.45) is 0 Å². The molecule has 2 aromatic rings. The second kappa shape index (κ2) is 10.4. The first-order valence-electron chi connectivity index (χ1n) is 10.3. The van der Waals surface area contributed by atoms with Gasteiger partial charge in [-0.25, -0.2) is 0 Å². The highest BCUT2D eigenvalue weighted by Crippen LogP contribution is 2.34. The van der Waals surface area contributed by atoms with Gasteiger partial charge in [-0.3, -0.25) is 19.3 Å². The first kappa shape index (κ1) is 23.4. The molecule has 1 aliphatic heterocycles. The molecule has 3 rings (SSSR count). The Hall–Kier alpha value is -3.26. The number of benzene rings is 2. The lowest BCUT2D eigenvalue weighted by atomic mass is 10.1. The summed E-state index contributed by atoms with van der Waals surface area (Å²) in [7, 11) is 0. The fourth-order valence-corrected chi connectivity index (χ4v) is 3.99. The molecule has 0 atom stereocenters. The van der Waals surface area contributed by atoms with Gasteiger partial charge in [-0.1, -0.05) is 12.1 Å². The van der Waals surface area contributed by atoms with Crippen LogP contribution in [0.15, 0.2) is 41.3 Å². The number of nitrogens with one attached hydrogen (secondary N) is 1. The van der Waals surface area contributed by atoms with E-state index in [-0.39, 0.29) is 23.7 Å². The van der Waals surface area contributed by atoms with Gasteiger partial charge in [0.05, 0.1) is 11.5 Å². The maximum Gasteiger partial charge on any atom is 0.293 e. The Balaban J connectivity index is 1.70. The minimum Gasteiger partial charge on any atom is -0.490 e. The molecule has 0 radical (unpaired) electrons. The third-order valence-electron chi connectivity index (χ3n) is 4.90. The van der Waals surface area contributed by atoms with Crippen LogP contribution in [0.2, 0.25) is 0 Å². The van der Waals surface area contributed by atoms with E-state index in [0.717, 1.165) is 22.9 Å². The van der Waals surface area contributed by atoms with E-state index in [0.29, 0.717) is 40.8 Å². The minimum absolute atomic E-state index is 0.179. The predicted molar refractivity (Wildman–Crippen MR) is 126 cm³/mol. The Labute approximate surface area is 191 Å². The number of nitrogens with zero attached hydrogens (tertiary/aromatic N) is 1. The van der Waals surface area contributed by atoms with E-state index in [4.69, 9.17) is 9.47 Å². The van der Waals surface area contributed by atoms with Crippen molar-refractivity contribution in [2.75, 3.05) is 25.1 Å². The van der Waals surface area contributed by atoms with E-state index in [1.54, 1.807) is 31.2 Å². The number of likely N-dealkylation sites (N-methyl/N-ethyl adjacent to an activating group) is 1. The fourth-order valence-electron chi connectivity index (χ4n) is 3.09. The molecule has 0 spiro atoms. The second-order valence-corrected chi connectivity index (χ2v) is 8.19. The molecule has 1 N–H and O–H groups in total. The zero-order valence-corrected chi connectivity index (χ0v) is 19.4. The summed E-state index contributed by atoms with van der Waals surface area (Å²) in [4.78, 5) is 38.1. The first-order valence-corrected chi connectivity index (χ1v) is 11.2. The molecule has 0 bridgehead atoms. The quantitative estimate of drug-likeness (QED) is 0.578. The van der Waals surface area contributed by atoms with Gasteiger partial charge >= 0.3 is 0 Å². The third-order valence-corrected chi connectivity index (χ3v) is 5.81. The van der Waals surface area contributed by atoms with E-state index in [2.05, 4.69) is 5.32 Å².